The highest BCUT2D eigenvalue weighted by molar-refractivity contribution is 6.42. The number of cyclic esters (lactones) is 1. The van der Waals surface area contributed by atoms with E-state index in [4.69, 9.17) is 27.9 Å². The van der Waals surface area contributed by atoms with Gasteiger partial charge in [0.2, 0.25) is 0 Å². The van der Waals surface area contributed by atoms with Crippen LogP contribution in [0.3, 0.4) is 0 Å². The molecule has 3 unspecified atom stereocenters. The zero-order chi connectivity index (χ0) is 12.9. The fourth-order valence-electron chi connectivity index (χ4n) is 2.86. The molecule has 2 aliphatic rings. The number of halogens is 2. The van der Waals surface area contributed by atoms with E-state index in [2.05, 4.69) is 6.92 Å². The molecule has 3 nitrogen and oxygen atoms in total. The second kappa shape index (κ2) is 4.32. The molecule has 3 atom stereocenters. The first-order valence-corrected chi connectivity index (χ1v) is 6.77. The van der Waals surface area contributed by atoms with Crippen molar-refractivity contribution in [1.82, 2.24) is 4.90 Å². The van der Waals surface area contributed by atoms with Gasteiger partial charge in [-0.25, -0.2) is 4.79 Å². The van der Waals surface area contributed by atoms with Crippen LogP contribution in [0.25, 0.3) is 0 Å². The number of carbonyl (C=O) groups is 1. The summed E-state index contributed by atoms with van der Waals surface area (Å²) in [4.78, 5) is 13.7. The van der Waals surface area contributed by atoms with E-state index in [0.717, 1.165) is 18.4 Å². The molecule has 0 bridgehead atoms. The van der Waals surface area contributed by atoms with Crippen LogP contribution in [-0.4, -0.2) is 23.1 Å². The van der Waals surface area contributed by atoms with Gasteiger partial charge >= 0.3 is 6.09 Å². The normalized spacial score (nSPS) is 30.5. The van der Waals surface area contributed by atoms with Gasteiger partial charge in [-0.05, 0) is 37.5 Å². The van der Waals surface area contributed by atoms with Crippen LogP contribution >= 0.6 is 23.2 Å². The third kappa shape index (κ3) is 1.77. The monoisotopic (exact) mass is 285 g/mol. The molecule has 1 aromatic rings. The maximum atomic E-state index is 11.8. The molecule has 3 rings (SSSR count). The van der Waals surface area contributed by atoms with Crippen molar-refractivity contribution in [3.05, 3.63) is 33.8 Å². The maximum absolute atomic E-state index is 11.8. The van der Waals surface area contributed by atoms with Crippen LogP contribution in [0, 0.1) is 0 Å². The van der Waals surface area contributed by atoms with Gasteiger partial charge in [0.05, 0.1) is 16.1 Å². The third-order valence-corrected chi connectivity index (χ3v) is 4.51. The van der Waals surface area contributed by atoms with Gasteiger partial charge in [-0.2, -0.15) is 0 Å². The molecule has 5 heteroatoms. The number of fused-ring (bicyclic) bond motifs is 1. The summed E-state index contributed by atoms with van der Waals surface area (Å²) < 4.78 is 5.46. The quantitative estimate of drug-likeness (QED) is 0.779. The average molecular weight is 286 g/mol. The van der Waals surface area contributed by atoms with Crippen molar-refractivity contribution in [2.45, 2.75) is 38.0 Å². The lowest BCUT2D eigenvalue weighted by atomic mass is 10.0. The van der Waals surface area contributed by atoms with E-state index in [0.29, 0.717) is 10.0 Å². The maximum Gasteiger partial charge on any atom is 0.411 e. The number of carbonyl (C=O) groups excluding carboxylic acids is 1. The Balaban J connectivity index is 1.93. The molecule has 0 aromatic heterocycles. The van der Waals surface area contributed by atoms with Crippen LogP contribution in [0.1, 0.15) is 31.4 Å². The third-order valence-electron chi connectivity index (χ3n) is 3.77. The minimum Gasteiger partial charge on any atom is -0.439 e. The molecule has 2 aliphatic heterocycles. The summed E-state index contributed by atoms with van der Waals surface area (Å²) in [5.41, 5.74) is 0.916. The van der Waals surface area contributed by atoms with Crippen LogP contribution in [0.2, 0.25) is 10.0 Å². The number of hydrogen-bond donors (Lipinski definition) is 0. The van der Waals surface area contributed by atoms with Crippen molar-refractivity contribution in [3.63, 3.8) is 0 Å². The Morgan fingerprint density at radius 3 is 2.78 bits per heavy atom. The van der Waals surface area contributed by atoms with Crippen LogP contribution in [0.5, 0.6) is 0 Å². The smallest absolute Gasteiger partial charge is 0.411 e. The van der Waals surface area contributed by atoms with Crippen LogP contribution < -0.4 is 0 Å². The minimum atomic E-state index is -0.225. The van der Waals surface area contributed by atoms with Gasteiger partial charge in [0.15, 0.2) is 0 Å². The van der Waals surface area contributed by atoms with Crippen molar-refractivity contribution >= 4 is 29.3 Å². The van der Waals surface area contributed by atoms with E-state index in [1.807, 2.05) is 11.0 Å². The zero-order valence-corrected chi connectivity index (χ0v) is 11.4. The lowest BCUT2D eigenvalue weighted by molar-refractivity contribution is 0.124. The number of hydrogen-bond acceptors (Lipinski definition) is 2. The molecule has 1 aromatic carbocycles. The van der Waals surface area contributed by atoms with E-state index in [-0.39, 0.29) is 24.3 Å². The molecule has 2 saturated heterocycles. The van der Waals surface area contributed by atoms with E-state index < -0.39 is 0 Å². The van der Waals surface area contributed by atoms with Crippen molar-refractivity contribution in [2.24, 2.45) is 0 Å². The predicted molar refractivity (Wildman–Crippen MR) is 70.0 cm³/mol. The van der Waals surface area contributed by atoms with Gasteiger partial charge in [0.25, 0.3) is 0 Å². The molecule has 0 aliphatic carbocycles. The molecule has 18 heavy (non-hydrogen) atoms. The predicted octanol–water partition coefficient (Wildman–Crippen LogP) is 4.04. The lowest BCUT2D eigenvalue weighted by Gasteiger charge is -2.19. The van der Waals surface area contributed by atoms with Gasteiger partial charge in [-0.1, -0.05) is 29.3 Å². The number of amides is 1. The van der Waals surface area contributed by atoms with Crippen molar-refractivity contribution in [2.75, 3.05) is 0 Å². The molecule has 0 spiro atoms. The minimum absolute atomic E-state index is 0.129. The Kier molecular flexibility index (Phi) is 2.91. The fourth-order valence-corrected chi connectivity index (χ4v) is 3.16. The summed E-state index contributed by atoms with van der Waals surface area (Å²) >= 11 is 11.9. The standard InChI is InChI=1S/C13H13Cl2NO2/c1-7-2-5-11-12(18-13(17)16(7)11)8-3-4-9(14)10(15)6-8/h3-4,6-7,11-12H,2,5H2,1H3. The zero-order valence-electron chi connectivity index (χ0n) is 9.90. The molecule has 0 radical (unpaired) electrons. The van der Waals surface area contributed by atoms with Crippen LogP contribution in [-0.2, 0) is 4.74 Å². The fraction of sp³-hybridized carbons (Fsp3) is 0.462. The van der Waals surface area contributed by atoms with Crippen molar-refractivity contribution in [1.29, 1.82) is 0 Å². The van der Waals surface area contributed by atoms with E-state index >= 15 is 0 Å². The molecule has 2 heterocycles. The summed E-state index contributed by atoms with van der Waals surface area (Å²) in [5, 5.41) is 1.01. The Labute approximate surface area is 116 Å². The van der Waals surface area contributed by atoms with Gasteiger partial charge in [-0.3, -0.25) is 4.90 Å². The Morgan fingerprint density at radius 2 is 2.06 bits per heavy atom. The number of benzene rings is 1. The van der Waals surface area contributed by atoms with Crippen molar-refractivity contribution in [3.8, 4) is 0 Å². The number of ether oxygens (including phenoxy) is 1. The molecule has 0 N–H and O–H groups in total. The second-order valence-electron chi connectivity index (χ2n) is 4.88. The van der Waals surface area contributed by atoms with Gasteiger partial charge in [-0.15, -0.1) is 0 Å². The largest absolute Gasteiger partial charge is 0.439 e. The first-order chi connectivity index (χ1) is 8.58. The summed E-state index contributed by atoms with van der Waals surface area (Å²) in [6.45, 7) is 2.05. The summed E-state index contributed by atoms with van der Waals surface area (Å²) in [6, 6.07) is 5.79. The summed E-state index contributed by atoms with van der Waals surface area (Å²) in [5.74, 6) is 0. The first kappa shape index (κ1) is 12.1. The molecular formula is C13H13Cl2NO2. The Bertz CT molecular complexity index is 506. The molecule has 2 fully saturated rings. The van der Waals surface area contributed by atoms with Crippen LogP contribution in [0.4, 0.5) is 4.79 Å². The summed E-state index contributed by atoms with van der Waals surface area (Å²) in [7, 11) is 0. The topological polar surface area (TPSA) is 29.5 Å². The van der Waals surface area contributed by atoms with E-state index in [1.54, 1.807) is 12.1 Å². The highest BCUT2D eigenvalue weighted by atomic mass is 35.5. The number of nitrogens with zero attached hydrogens (tertiary/aromatic N) is 1. The highest BCUT2D eigenvalue weighted by Crippen LogP contribution is 2.42. The molecular weight excluding hydrogens is 273 g/mol. The number of rotatable bonds is 1. The second-order valence-corrected chi connectivity index (χ2v) is 5.69. The Morgan fingerprint density at radius 1 is 1.28 bits per heavy atom. The molecule has 0 saturated carbocycles. The van der Waals surface area contributed by atoms with E-state index in [1.165, 1.54) is 0 Å². The average Bonchev–Trinajstić information content (AvgIpc) is 2.86. The van der Waals surface area contributed by atoms with E-state index in [9.17, 15) is 4.79 Å². The Hall–Kier alpha value is -0.930. The SMILES string of the molecule is CC1CCC2C(c3ccc(Cl)c(Cl)c3)OC(=O)N12. The van der Waals surface area contributed by atoms with Crippen molar-refractivity contribution < 1.29 is 9.53 Å². The lowest BCUT2D eigenvalue weighted by Crippen LogP contribution is -2.33. The summed E-state index contributed by atoms with van der Waals surface area (Å²) in [6.07, 6.45) is 1.55. The van der Waals surface area contributed by atoms with Crippen LogP contribution in [0.15, 0.2) is 18.2 Å². The highest BCUT2D eigenvalue weighted by Gasteiger charge is 2.48. The van der Waals surface area contributed by atoms with Gasteiger partial charge < -0.3 is 4.74 Å². The molecule has 1 amide bonds. The molecule has 96 valence electrons. The van der Waals surface area contributed by atoms with Gasteiger partial charge in [0.1, 0.15) is 6.10 Å². The first-order valence-electron chi connectivity index (χ1n) is 6.02. The van der Waals surface area contributed by atoms with Gasteiger partial charge in [0, 0.05) is 6.04 Å².